The summed E-state index contributed by atoms with van der Waals surface area (Å²) in [6, 6.07) is 12.0. The lowest BCUT2D eigenvalue weighted by Gasteiger charge is -2.36. The summed E-state index contributed by atoms with van der Waals surface area (Å²) in [5.74, 6) is 0.0514. The minimum Gasteiger partial charge on any atom is -0.360 e. The third kappa shape index (κ3) is 4.28. The summed E-state index contributed by atoms with van der Waals surface area (Å²) in [6.07, 6.45) is 0. The molecule has 1 atom stereocenters. The van der Waals surface area contributed by atoms with Gasteiger partial charge in [0.05, 0.1) is 26.2 Å². The number of nitrogens with zero attached hydrogens (tertiary/aromatic N) is 1. The number of nitrogens with one attached hydrogen (secondary N) is 2. The molecule has 0 spiro atoms. The van der Waals surface area contributed by atoms with Gasteiger partial charge in [0.15, 0.2) is 6.04 Å². The smallest absolute Gasteiger partial charge is 0.282 e. The molecule has 2 aromatic carbocycles. The minimum absolute atomic E-state index is 0.0514. The van der Waals surface area contributed by atoms with Crippen LogP contribution < -0.4 is 15.1 Å². The van der Waals surface area contributed by atoms with Crippen LogP contribution in [0.3, 0.4) is 0 Å². The van der Waals surface area contributed by atoms with E-state index in [4.69, 9.17) is 11.6 Å². The van der Waals surface area contributed by atoms with Crippen molar-refractivity contribution >= 4 is 28.9 Å². The highest BCUT2D eigenvalue weighted by Gasteiger charge is 2.30. The van der Waals surface area contributed by atoms with Gasteiger partial charge >= 0.3 is 0 Å². The number of amides is 1. The zero-order chi connectivity index (χ0) is 19.6. The molecule has 0 aliphatic carbocycles. The van der Waals surface area contributed by atoms with Crippen LogP contribution in [0.25, 0.3) is 0 Å². The summed E-state index contributed by atoms with van der Waals surface area (Å²) in [6.45, 7) is 12.1. The molecule has 0 bridgehead atoms. The number of hydrogen-bond donors (Lipinski definition) is 2. The summed E-state index contributed by atoms with van der Waals surface area (Å²) < 4.78 is 0. The van der Waals surface area contributed by atoms with Crippen LogP contribution in [0, 0.1) is 20.8 Å². The maximum absolute atomic E-state index is 12.7. The number of rotatable bonds is 4. The Morgan fingerprint density at radius 3 is 2.44 bits per heavy atom. The average Bonchev–Trinajstić information content (AvgIpc) is 2.67. The molecule has 1 heterocycles. The van der Waals surface area contributed by atoms with Crippen molar-refractivity contribution in [1.82, 2.24) is 0 Å². The summed E-state index contributed by atoms with van der Waals surface area (Å²) in [4.78, 5) is 16.5. The van der Waals surface area contributed by atoms with Crippen LogP contribution in [0.15, 0.2) is 36.4 Å². The monoisotopic (exact) mass is 386 g/mol. The first-order valence-electron chi connectivity index (χ1n) is 9.60. The Hall–Kier alpha value is -2.04. The molecule has 27 heavy (non-hydrogen) atoms. The van der Waals surface area contributed by atoms with E-state index < -0.39 is 0 Å². The van der Waals surface area contributed by atoms with Crippen molar-refractivity contribution in [1.29, 1.82) is 0 Å². The van der Waals surface area contributed by atoms with Crippen molar-refractivity contribution < 1.29 is 9.69 Å². The summed E-state index contributed by atoms with van der Waals surface area (Å²) >= 11 is 6.16. The third-order valence-electron chi connectivity index (χ3n) is 5.85. The Morgan fingerprint density at radius 2 is 1.74 bits per heavy atom. The van der Waals surface area contributed by atoms with Crippen LogP contribution in [0.5, 0.6) is 0 Å². The van der Waals surface area contributed by atoms with Crippen LogP contribution in [0.4, 0.5) is 11.4 Å². The first-order valence-corrected chi connectivity index (χ1v) is 9.98. The molecule has 144 valence electrons. The molecular weight excluding hydrogens is 358 g/mol. The van der Waals surface area contributed by atoms with Crippen LogP contribution in [0.1, 0.15) is 23.6 Å². The SMILES string of the molecule is Cc1cccc(N2CC[NH+]([C@@H](C)C(=O)Nc3cccc(Cl)c3C)CC2)c1C. The number of hydrogen-bond acceptors (Lipinski definition) is 2. The predicted octanol–water partition coefficient (Wildman–Crippen LogP) is 3.00. The van der Waals surface area contributed by atoms with Crippen LogP contribution >= 0.6 is 11.6 Å². The Balaban J connectivity index is 1.61. The van der Waals surface area contributed by atoms with E-state index in [9.17, 15) is 4.79 Å². The van der Waals surface area contributed by atoms with Gasteiger partial charge in [-0.1, -0.05) is 29.8 Å². The van der Waals surface area contributed by atoms with Crippen molar-refractivity contribution in [2.75, 3.05) is 36.4 Å². The minimum atomic E-state index is -0.0934. The molecule has 1 aliphatic rings. The normalized spacial score (nSPS) is 16.3. The fourth-order valence-corrected chi connectivity index (χ4v) is 3.89. The number of carbonyl (C=O) groups is 1. The zero-order valence-electron chi connectivity index (χ0n) is 16.6. The second-order valence-electron chi connectivity index (χ2n) is 7.49. The van der Waals surface area contributed by atoms with Crippen LogP contribution in [0.2, 0.25) is 5.02 Å². The fraction of sp³-hybridized carbons (Fsp3) is 0.409. The average molecular weight is 387 g/mol. The Kier molecular flexibility index (Phi) is 6.08. The topological polar surface area (TPSA) is 36.8 Å². The Morgan fingerprint density at radius 1 is 1.07 bits per heavy atom. The molecular formula is C22H29ClN3O+. The van der Waals surface area contributed by atoms with Crippen molar-refractivity contribution in [3.8, 4) is 0 Å². The molecule has 0 saturated carbocycles. The fourth-order valence-electron chi connectivity index (χ4n) is 3.72. The maximum atomic E-state index is 12.7. The van der Waals surface area contributed by atoms with Crippen molar-refractivity contribution in [2.45, 2.75) is 33.7 Å². The zero-order valence-corrected chi connectivity index (χ0v) is 17.4. The summed E-state index contributed by atoms with van der Waals surface area (Å²) in [5.41, 5.74) is 5.71. The second-order valence-corrected chi connectivity index (χ2v) is 7.89. The van der Waals surface area contributed by atoms with E-state index in [2.05, 4.69) is 42.3 Å². The summed E-state index contributed by atoms with van der Waals surface area (Å²) in [7, 11) is 0. The lowest BCUT2D eigenvalue weighted by Crippen LogP contribution is -3.19. The number of halogens is 1. The standard InChI is InChI=1S/C22H28ClN3O/c1-15-7-5-10-21(16(15)2)26-13-11-25(12-14-26)18(4)22(27)24-20-9-6-8-19(23)17(20)3/h5-10,18H,11-14H2,1-4H3,(H,24,27)/p+1/t18-/m0/s1. The first-order chi connectivity index (χ1) is 12.9. The van der Waals surface area contributed by atoms with Crippen LogP contribution in [-0.2, 0) is 4.79 Å². The van der Waals surface area contributed by atoms with Crippen LogP contribution in [-0.4, -0.2) is 38.1 Å². The maximum Gasteiger partial charge on any atom is 0.282 e. The van der Waals surface area contributed by atoms with Gasteiger partial charge in [-0.05, 0) is 62.6 Å². The number of benzene rings is 2. The van der Waals surface area contributed by atoms with Gasteiger partial charge in [0.2, 0.25) is 0 Å². The van der Waals surface area contributed by atoms with E-state index in [0.29, 0.717) is 5.02 Å². The molecule has 1 fully saturated rings. The molecule has 0 radical (unpaired) electrons. The largest absolute Gasteiger partial charge is 0.360 e. The van der Waals surface area contributed by atoms with E-state index >= 15 is 0 Å². The van der Waals surface area contributed by atoms with Crippen molar-refractivity contribution in [3.63, 3.8) is 0 Å². The quantitative estimate of drug-likeness (QED) is 0.847. The van der Waals surface area contributed by atoms with E-state index in [1.54, 1.807) is 0 Å². The van der Waals surface area contributed by atoms with Gasteiger partial charge in [0.1, 0.15) is 0 Å². The molecule has 1 amide bonds. The summed E-state index contributed by atoms with van der Waals surface area (Å²) in [5, 5.41) is 3.73. The second kappa shape index (κ2) is 8.32. The number of aryl methyl sites for hydroxylation is 1. The molecule has 1 saturated heterocycles. The molecule has 0 unspecified atom stereocenters. The Bertz CT molecular complexity index is 828. The van der Waals surface area contributed by atoms with Gasteiger partial charge in [-0.2, -0.15) is 0 Å². The number of quaternary nitrogens is 1. The number of piperazine rings is 1. The van der Waals surface area contributed by atoms with Gasteiger partial charge in [-0.3, -0.25) is 4.79 Å². The lowest BCUT2D eigenvalue weighted by atomic mass is 10.1. The van der Waals surface area contributed by atoms with Gasteiger partial charge in [0.25, 0.3) is 5.91 Å². The van der Waals surface area contributed by atoms with E-state index in [1.807, 2.05) is 32.0 Å². The van der Waals surface area contributed by atoms with Crippen molar-refractivity contribution in [2.24, 2.45) is 0 Å². The molecule has 4 nitrogen and oxygen atoms in total. The molecule has 2 aromatic rings. The molecule has 3 rings (SSSR count). The first kappa shape index (κ1) is 19.7. The molecule has 1 aliphatic heterocycles. The highest BCUT2D eigenvalue weighted by Crippen LogP contribution is 2.24. The van der Waals surface area contributed by atoms with Gasteiger partial charge in [-0.25, -0.2) is 0 Å². The molecule has 5 heteroatoms. The van der Waals surface area contributed by atoms with Gasteiger partial charge < -0.3 is 15.1 Å². The van der Waals surface area contributed by atoms with E-state index in [-0.39, 0.29) is 11.9 Å². The van der Waals surface area contributed by atoms with E-state index in [1.165, 1.54) is 21.7 Å². The van der Waals surface area contributed by atoms with Gasteiger partial charge in [-0.15, -0.1) is 0 Å². The third-order valence-corrected chi connectivity index (χ3v) is 6.26. The number of anilines is 2. The van der Waals surface area contributed by atoms with Crippen molar-refractivity contribution in [3.05, 3.63) is 58.1 Å². The lowest BCUT2D eigenvalue weighted by molar-refractivity contribution is -0.914. The Labute approximate surface area is 167 Å². The number of carbonyl (C=O) groups excluding carboxylic acids is 1. The highest BCUT2D eigenvalue weighted by atomic mass is 35.5. The van der Waals surface area contributed by atoms with Gasteiger partial charge in [0, 0.05) is 16.4 Å². The predicted molar refractivity (Wildman–Crippen MR) is 113 cm³/mol. The molecule has 0 aromatic heterocycles. The molecule has 2 N–H and O–H groups in total. The highest BCUT2D eigenvalue weighted by molar-refractivity contribution is 6.31. The van der Waals surface area contributed by atoms with E-state index in [0.717, 1.165) is 37.4 Å².